The zero-order valence-corrected chi connectivity index (χ0v) is 24.4. The number of carbonyl (C=O) groups is 1. The summed E-state index contributed by atoms with van der Waals surface area (Å²) < 4.78 is 461. The molecule has 2 bridgehead atoms. The highest BCUT2D eigenvalue weighted by atomic mass is 19.4. The molecule has 2 aliphatic carbocycles. The Bertz CT molecular complexity index is 1580. The van der Waals surface area contributed by atoms with Crippen LogP contribution in [0.4, 0.5) is 145 Å². The molecule has 0 saturated heterocycles. The van der Waals surface area contributed by atoms with Gasteiger partial charge in [-0.05, 0) is 0 Å². The van der Waals surface area contributed by atoms with Crippen LogP contribution >= 0.6 is 0 Å². The van der Waals surface area contributed by atoms with E-state index in [9.17, 15) is 141 Å². The highest BCUT2D eigenvalue weighted by Crippen LogP contribution is 2.78. The summed E-state index contributed by atoms with van der Waals surface area (Å²) in [6, 6.07) is 0. The number of fused-ring (bicyclic) bond motifs is 2. The van der Waals surface area contributed by atoms with Crippen LogP contribution in [0.25, 0.3) is 0 Å². The molecule has 6 unspecified atom stereocenters. The Morgan fingerprint density at radius 1 is 0.456 bits per heavy atom. The number of rotatable bonds is 10. The maximum absolute atomic E-state index is 15.3. The van der Waals surface area contributed by atoms with Crippen LogP contribution in [0.2, 0.25) is 0 Å². The van der Waals surface area contributed by atoms with E-state index in [1.165, 1.54) is 4.74 Å². The average molecular weight is 934 g/mol. The molecule has 338 valence electrons. The smallest absolute Gasteiger partial charge is 0.393 e. The lowest BCUT2D eigenvalue weighted by molar-refractivity contribution is -0.570. The van der Waals surface area contributed by atoms with Crippen molar-refractivity contribution >= 4 is 5.97 Å². The first-order valence-corrected chi connectivity index (χ1v) is 12.5. The second kappa shape index (κ2) is 12.1. The Balaban J connectivity index is 2.95. The van der Waals surface area contributed by atoms with Gasteiger partial charge in [0.25, 0.3) is 5.67 Å². The lowest BCUT2D eigenvalue weighted by Gasteiger charge is -2.63. The van der Waals surface area contributed by atoms with Gasteiger partial charge in [0.05, 0.1) is 0 Å². The molecular formula is C20H3F33O4. The van der Waals surface area contributed by atoms with Gasteiger partial charge in [0.2, 0.25) is 0 Å². The topological polar surface area (TPSA) is 44.8 Å². The molecule has 2 aliphatic rings. The number of ether oxygens (including phenoxy) is 3. The Hall–Kier alpha value is -2.92. The molecule has 0 aromatic carbocycles. The van der Waals surface area contributed by atoms with Crippen molar-refractivity contribution in [3.8, 4) is 0 Å². The fourth-order valence-electron chi connectivity index (χ4n) is 4.76. The lowest BCUT2D eigenvalue weighted by atomic mass is 9.51. The number of esters is 1. The van der Waals surface area contributed by atoms with E-state index in [0.29, 0.717) is 0 Å². The molecule has 0 aromatic rings. The van der Waals surface area contributed by atoms with E-state index in [2.05, 4.69) is 0 Å². The molecule has 37 heteroatoms. The zero-order chi connectivity index (χ0) is 46.5. The Kier molecular flexibility index (Phi) is 10.7. The van der Waals surface area contributed by atoms with Crippen LogP contribution in [0.15, 0.2) is 0 Å². The lowest BCUT2D eigenvalue weighted by Crippen LogP contribution is -2.95. The Morgan fingerprint density at radius 3 is 1.14 bits per heavy atom. The molecule has 0 radical (unpaired) electrons. The predicted molar refractivity (Wildman–Crippen MR) is 99.6 cm³/mol. The fourth-order valence-corrected chi connectivity index (χ4v) is 4.76. The summed E-state index contributed by atoms with van der Waals surface area (Å²) in [6.45, 7) is -4.57. The first-order valence-electron chi connectivity index (χ1n) is 12.5. The number of carbonyl (C=O) groups excluding carboxylic acids is 1. The second-order valence-electron chi connectivity index (χ2n) is 11.1. The summed E-state index contributed by atoms with van der Waals surface area (Å²) in [5.74, 6) is -82.7. The number of alkyl halides is 33. The summed E-state index contributed by atoms with van der Waals surface area (Å²) in [7, 11) is 0. The molecule has 2 rings (SSSR count). The number of hydrogen-bond acceptors (Lipinski definition) is 4. The summed E-state index contributed by atoms with van der Waals surface area (Å²) in [5.41, 5.74) is -25.1. The monoisotopic (exact) mass is 934 g/mol. The molecule has 57 heavy (non-hydrogen) atoms. The molecule has 6 atom stereocenters. The Morgan fingerprint density at radius 2 is 0.807 bits per heavy atom. The van der Waals surface area contributed by atoms with Crippen molar-refractivity contribution in [2.24, 2.45) is 5.92 Å². The number of halogens is 33. The van der Waals surface area contributed by atoms with Gasteiger partial charge in [-0.25, -0.2) is 48.7 Å². The molecule has 0 aliphatic heterocycles. The van der Waals surface area contributed by atoms with E-state index in [1.54, 1.807) is 0 Å². The normalized spacial score (nSPS) is 32.5. The molecule has 0 N–H and O–H groups in total. The third kappa shape index (κ3) is 5.54. The third-order valence-corrected chi connectivity index (χ3v) is 7.75. The van der Waals surface area contributed by atoms with Gasteiger partial charge >= 0.3 is 101 Å². The third-order valence-electron chi connectivity index (χ3n) is 7.75. The summed E-state index contributed by atoms with van der Waals surface area (Å²) in [5, 5.41) is 0. The van der Waals surface area contributed by atoms with Crippen LogP contribution < -0.4 is 0 Å². The predicted octanol–water partition coefficient (Wildman–Crippen LogP) is 9.91. The minimum absolute atomic E-state index is 0.875. The van der Waals surface area contributed by atoms with Crippen molar-refractivity contribution < 1.29 is 164 Å². The number of hydrogen-bond donors (Lipinski definition) is 0. The molecule has 4 nitrogen and oxygen atoms in total. The van der Waals surface area contributed by atoms with Crippen molar-refractivity contribution in [3.63, 3.8) is 0 Å². The van der Waals surface area contributed by atoms with Gasteiger partial charge in [-0.3, -0.25) is 9.47 Å². The van der Waals surface area contributed by atoms with Crippen LogP contribution in [-0.4, -0.2) is 114 Å². The van der Waals surface area contributed by atoms with Crippen LogP contribution in [0, 0.1) is 5.92 Å². The van der Waals surface area contributed by atoms with Gasteiger partial charge in [-0.1, -0.05) is 0 Å². The summed E-state index contributed by atoms with van der Waals surface area (Å²) in [6.07, 6.45) is -52.7. The van der Waals surface area contributed by atoms with E-state index >= 15 is 8.78 Å². The van der Waals surface area contributed by atoms with Gasteiger partial charge in [0.1, 0.15) is 6.67 Å². The first-order chi connectivity index (χ1) is 24.2. The highest BCUT2D eigenvalue weighted by molar-refractivity contribution is 5.84. The van der Waals surface area contributed by atoms with Crippen molar-refractivity contribution in [3.05, 3.63) is 0 Å². The van der Waals surface area contributed by atoms with Crippen LogP contribution in [0.1, 0.15) is 0 Å². The minimum Gasteiger partial charge on any atom is -0.393 e. The Labute approximate surface area is 285 Å². The van der Waals surface area contributed by atoms with Crippen LogP contribution in [0.5, 0.6) is 0 Å². The maximum Gasteiger partial charge on any atom is 0.471 e. The molecule has 0 aromatic heterocycles. The van der Waals surface area contributed by atoms with Crippen molar-refractivity contribution in [1.29, 1.82) is 0 Å². The average Bonchev–Trinajstić information content (AvgIpc) is 2.94. The van der Waals surface area contributed by atoms with Crippen LogP contribution in [0.3, 0.4) is 0 Å². The molecule has 2 saturated carbocycles. The second-order valence-corrected chi connectivity index (χ2v) is 11.1. The first kappa shape index (κ1) is 50.2. The summed E-state index contributed by atoms with van der Waals surface area (Å²) in [4.78, 5) is 11.8. The van der Waals surface area contributed by atoms with E-state index < -0.39 is 120 Å². The molecule has 2 fully saturated rings. The summed E-state index contributed by atoms with van der Waals surface area (Å²) >= 11 is 0. The van der Waals surface area contributed by atoms with E-state index in [0.717, 1.165) is 9.47 Å². The molecule has 0 spiro atoms. The van der Waals surface area contributed by atoms with E-state index in [1.807, 2.05) is 0 Å². The van der Waals surface area contributed by atoms with Gasteiger partial charge in [0.15, 0.2) is 5.92 Å². The van der Waals surface area contributed by atoms with Gasteiger partial charge in [-0.2, -0.15) is 101 Å². The molecule has 0 heterocycles. The van der Waals surface area contributed by atoms with Crippen LogP contribution in [-0.2, 0) is 19.0 Å². The van der Waals surface area contributed by atoms with Crippen molar-refractivity contribution in [2.75, 3.05) is 6.67 Å². The fraction of sp³-hybridized carbons (Fsp3) is 0.950. The van der Waals surface area contributed by atoms with Gasteiger partial charge < -0.3 is 4.74 Å². The molecular weight excluding hydrogens is 931 g/mol. The van der Waals surface area contributed by atoms with E-state index in [-0.39, 0.29) is 0 Å². The quantitative estimate of drug-likeness (QED) is 0.162. The van der Waals surface area contributed by atoms with Gasteiger partial charge in [0, 0.05) is 0 Å². The zero-order valence-electron chi connectivity index (χ0n) is 24.4. The van der Waals surface area contributed by atoms with Crippen molar-refractivity contribution in [2.45, 2.75) is 101 Å². The maximum atomic E-state index is 15.3. The van der Waals surface area contributed by atoms with Gasteiger partial charge in [-0.15, -0.1) is 0 Å². The largest absolute Gasteiger partial charge is 0.471 e. The highest BCUT2D eigenvalue weighted by Gasteiger charge is 3.09. The van der Waals surface area contributed by atoms with E-state index in [4.69, 9.17) is 0 Å². The molecule has 0 amide bonds. The minimum atomic E-state index is -9.23. The van der Waals surface area contributed by atoms with Crippen molar-refractivity contribution in [1.82, 2.24) is 0 Å². The standard InChI is InChI=1S/C20H3F33O4/c21-1-4(22)6(24,25)2-7(26,27)5(23,11(33,34)9(30,8(2,28)29)10(4,31)32)3(54)55-19(50,51)13(37,16(42,43)44)57-20(52,53)14(38,17(45,46)47)56-18(48,49)12(35,36)15(39,40)41/h2H,1H2. The SMILES string of the molecule is O=C(OC(F)(F)C(F)(OC(F)(F)C(F)(OC(F)(F)C(F)(F)C(F)(F)F)C(F)(F)F)C(F)(F)F)C1(F)C(F)(F)C2C(F)(F)C(F)(CF)C(F)(F)C(F)(C2(F)F)C1(F)F.